The predicted octanol–water partition coefficient (Wildman–Crippen LogP) is 3.29. The lowest BCUT2D eigenvalue weighted by Crippen LogP contribution is -2.40. The van der Waals surface area contributed by atoms with Gasteiger partial charge in [0.1, 0.15) is 18.1 Å². The number of ether oxygens (including phenoxy) is 1. The molecule has 7 rings (SSSR count). The third-order valence-electron chi connectivity index (χ3n) is 9.55. The molecule has 0 aromatic heterocycles. The molecule has 10 heteroatoms. The predicted molar refractivity (Wildman–Crippen MR) is 169 cm³/mol. The molecule has 3 aromatic rings. The van der Waals surface area contributed by atoms with Crippen molar-refractivity contribution in [3.63, 3.8) is 0 Å². The van der Waals surface area contributed by atoms with E-state index in [0.29, 0.717) is 29.1 Å². The van der Waals surface area contributed by atoms with Gasteiger partial charge in [0.05, 0.1) is 17.5 Å². The van der Waals surface area contributed by atoms with Crippen LogP contribution in [0.25, 0.3) is 0 Å². The smallest absolute Gasteiger partial charge is 0.488 e. The molecular weight excluding hydrogens is 585 g/mol. The molecule has 1 heterocycles. The van der Waals surface area contributed by atoms with Gasteiger partial charge in [-0.15, -0.1) is 0 Å². The Morgan fingerprint density at radius 1 is 0.913 bits per heavy atom. The second kappa shape index (κ2) is 11.4. The Morgan fingerprint density at radius 3 is 2.43 bits per heavy atom. The largest absolute Gasteiger partial charge is 0.507 e. The third kappa shape index (κ3) is 4.81. The van der Waals surface area contributed by atoms with Crippen molar-refractivity contribution in [3.05, 3.63) is 118 Å². The van der Waals surface area contributed by atoms with Gasteiger partial charge in [0, 0.05) is 34.3 Å². The third-order valence-corrected chi connectivity index (χ3v) is 9.55. The van der Waals surface area contributed by atoms with Gasteiger partial charge in [-0.2, -0.15) is 0 Å². The van der Waals surface area contributed by atoms with Crippen LogP contribution in [0.4, 0.5) is 5.69 Å². The number of aromatic hydroxyl groups is 1. The minimum absolute atomic E-state index is 0.106. The molecule has 4 aliphatic rings. The number of carbonyl (C=O) groups excluding carboxylic acids is 4. The van der Waals surface area contributed by atoms with Crippen molar-refractivity contribution in [2.45, 2.75) is 32.3 Å². The lowest BCUT2D eigenvalue weighted by molar-refractivity contribution is -0.123. The fraction of sp³-hybridized carbons (Fsp3) is 0.222. The Bertz CT molecular complexity index is 1910. The van der Waals surface area contributed by atoms with Gasteiger partial charge < -0.3 is 19.9 Å². The standard InChI is InChI=1S/C36H30BNO8/c1-19-14-29(39)28-17-27-24(12-13-26-32(27)36(43)38(35(26)42)22-9-5-8-21(15-22)37(44)45)31(33(28)34(19)41)25-11-10-23(16-30(25)40)46-18-20-6-3-2-4-7-20/h2-12,14-16,26-27,31-32,40,44-45H,13,17-18H2,1H3. The first kappa shape index (κ1) is 29.6. The number of benzene rings is 3. The Hall–Kier alpha value is -5.06. The van der Waals surface area contributed by atoms with Crippen molar-refractivity contribution >= 4 is 41.6 Å². The summed E-state index contributed by atoms with van der Waals surface area (Å²) >= 11 is 0. The van der Waals surface area contributed by atoms with E-state index in [9.17, 15) is 34.3 Å². The number of imide groups is 1. The second-order valence-corrected chi connectivity index (χ2v) is 12.2. The van der Waals surface area contributed by atoms with E-state index in [1.54, 1.807) is 31.2 Å². The number of amides is 2. The molecule has 0 saturated carbocycles. The van der Waals surface area contributed by atoms with Crippen molar-refractivity contribution in [1.82, 2.24) is 0 Å². The zero-order chi connectivity index (χ0) is 32.3. The lowest BCUT2D eigenvalue weighted by Gasteiger charge is -2.42. The number of ketones is 2. The first-order chi connectivity index (χ1) is 22.1. The molecule has 230 valence electrons. The van der Waals surface area contributed by atoms with Crippen LogP contribution in [0.5, 0.6) is 11.5 Å². The summed E-state index contributed by atoms with van der Waals surface area (Å²) in [5, 5.41) is 30.7. The minimum atomic E-state index is -1.78. The molecule has 0 spiro atoms. The Labute approximate surface area is 265 Å². The van der Waals surface area contributed by atoms with Gasteiger partial charge in [-0.3, -0.25) is 24.1 Å². The van der Waals surface area contributed by atoms with E-state index in [4.69, 9.17) is 4.74 Å². The number of phenolic OH excluding ortho intramolecular Hbond substituents is 1. The number of anilines is 1. The fourth-order valence-electron chi connectivity index (χ4n) is 7.39. The molecular formula is C36H30BNO8. The van der Waals surface area contributed by atoms with Crippen molar-refractivity contribution in [1.29, 1.82) is 0 Å². The monoisotopic (exact) mass is 615 g/mol. The van der Waals surface area contributed by atoms with E-state index >= 15 is 0 Å². The molecule has 9 nitrogen and oxygen atoms in total. The fourth-order valence-corrected chi connectivity index (χ4v) is 7.39. The summed E-state index contributed by atoms with van der Waals surface area (Å²) in [6, 6.07) is 20.4. The van der Waals surface area contributed by atoms with Crippen molar-refractivity contribution in [2.75, 3.05) is 4.90 Å². The van der Waals surface area contributed by atoms with Gasteiger partial charge in [0.25, 0.3) is 0 Å². The van der Waals surface area contributed by atoms with Crippen molar-refractivity contribution in [3.8, 4) is 11.5 Å². The summed E-state index contributed by atoms with van der Waals surface area (Å²) in [5.41, 5.74) is 3.32. The van der Waals surface area contributed by atoms with Crippen LogP contribution in [0.1, 0.15) is 36.8 Å². The van der Waals surface area contributed by atoms with E-state index in [0.717, 1.165) is 10.5 Å². The summed E-state index contributed by atoms with van der Waals surface area (Å²) in [6.45, 7) is 1.88. The van der Waals surface area contributed by atoms with Gasteiger partial charge in [-0.1, -0.05) is 60.2 Å². The lowest BCUT2D eigenvalue weighted by atomic mass is 9.59. The molecule has 46 heavy (non-hydrogen) atoms. The molecule has 2 amide bonds. The number of hydrogen-bond acceptors (Lipinski definition) is 8. The normalized spacial score (nSPS) is 23.8. The summed E-state index contributed by atoms with van der Waals surface area (Å²) in [6.07, 6.45) is 3.53. The molecule has 3 aliphatic carbocycles. The number of carbonyl (C=O) groups is 4. The molecule has 1 aliphatic heterocycles. The van der Waals surface area contributed by atoms with E-state index in [1.165, 1.54) is 24.3 Å². The first-order valence-corrected chi connectivity index (χ1v) is 15.2. The van der Waals surface area contributed by atoms with Crippen LogP contribution in [0, 0.1) is 17.8 Å². The summed E-state index contributed by atoms with van der Waals surface area (Å²) in [4.78, 5) is 56.0. The van der Waals surface area contributed by atoms with Crippen molar-refractivity contribution in [2.24, 2.45) is 17.8 Å². The molecule has 0 bridgehead atoms. The molecule has 0 radical (unpaired) electrons. The van der Waals surface area contributed by atoms with Gasteiger partial charge in [0.15, 0.2) is 11.6 Å². The minimum Gasteiger partial charge on any atom is -0.507 e. The highest BCUT2D eigenvalue weighted by Gasteiger charge is 2.57. The average molecular weight is 615 g/mol. The summed E-state index contributed by atoms with van der Waals surface area (Å²) in [7, 11) is -1.78. The van der Waals surface area contributed by atoms with Crippen LogP contribution in [0.2, 0.25) is 0 Å². The Balaban J connectivity index is 1.28. The molecule has 3 N–H and O–H groups in total. The number of Topliss-reactive ketones (excluding diaryl/α,β-unsaturated/α-hetero) is 1. The van der Waals surface area contributed by atoms with Crippen LogP contribution in [0.15, 0.2) is 107 Å². The maximum absolute atomic E-state index is 14.1. The highest BCUT2D eigenvalue weighted by atomic mass is 16.5. The topological polar surface area (TPSA) is 141 Å². The Morgan fingerprint density at radius 2 is 1.70 bits per heavy atom. The number of rotatable bonds is 6. The van der Waals surface area contributed by atoms with Crippen LogP contribution < -0.4 is 15.1 Å². The SMILES string of the molecule is CC1=CC(=O)C2=C(C1=O)C(c1ccc(OCc3ccccc3)cc1O)C1=CCC3C(=O)N(c4cccc(B(O)O)c4)C(=O)C3C1C2. The maximum Gasteiger partial charge on any atom is 0.488 e. The van der Waals surface area contributed by atoms with Gasteiger partial charge >= 0.3 is 7.12 Å². The molecule has 3 aromatic carbocycles. The van der Waals surface area contributed by atoms with E-state index < -0.39 is 42.6 Å². The number of phenols is 1. The van der Waals surface area contributed by atoms with E-state index in [2.05, 4.69) is 0 Å². The molecule has 4 atom stereocenters. The van der Waals surface area contributed by atoms with E-state index in [1.807, 2.05) is 36.4 Å². The van der Waals surface area contributed by atoms with Gasteiger partial charge in [0.2, 0.25) is 11.8 Å². The van der Waals surface area contributed by atoms with E-state index in [-0.39, 0.29) is 52.5 Å². The number of nitrogens with zero attached hydrogens (tertiary/aromatic N) is 1. The van der Waals surface area contributed by atoms with Crippen LogP contribution in [-0.4, -0.2) is 45.7 Å². The van der Waals surface area contributed by atoms with Crippen LogP contribution >= 0.6 is 0 Å². The average Bonchev–Trinajstić information content (AvgIpc) is 3.31. The summed E-state index contributed by atoms with van der Waals surface area (Å²) < 4.78 is 5.91. The van der Waals surface area contributed by atoms with Crippen molar-refractivity contribution < 1.29 is 39.1 Å². The Kier molecular flexibility index (Phi) is 7.34. The van der Waals surface area contributed by atoms with Gasteiger partial charge in [-0.05, 0) is 61.0 Å². The number of fused-ring (bicyclic) bond motifs is 3. The number of hydrogen-bond donors (Lipinski definition) is 3. The highest BCUT2D eigenvalue weighted by Crippen LogP contribution is 2.56. The molecule has 1 fully saturated rings. The first-order valence-electron chi connectivity index (χ1n) is 15.2. The van der Waals surface area contributed by atoms with Crippen LogP contribution in [0.3, 0.4) is 0 Å². The van der Waals surface area contributed by atoms with Crippen LogP contribution in [-0.2, 0) is 25.8 Å². The quantitative estimate of drug-likeness (QED) is 0.166. The molecule has 1 saturated heterocycles. The van der Waals surface area contributed by atoms with Gasteiger partial charge in [-0.25, -0.2) is 0 Å². The summed E-state index contributed by atoms with van der Waals surface area (Å²) in [5.74, 6) is -4.04. The maximum atomic E-state index is 14.1. The number of allylic oxidation sites excluding steroid dienone is 6. The highest BCUT2D eigenvalue weighted by molar-refractivity contribution is 6.58. The zero-order valence-electron chi connectivity index (χ0n) is 24.9. The molecule has 4 unspecified atom stereocenters. The second-order valence-electron chi connectivity index (χ2n) is 12.2. The zero-order valence-corrected chi connectivity index (χ0v) is 24.9.